The Labute approximate surface area is 223 Å². The van der Waals surface area contributed by atoms with Gasteiger partial charge in [0.15, 0.2) is 9.84 Å². The zero-order valence-electron chi connectivity index (χ0n) is 19.1. The van der Waals surface area contributed by atoms with Crippen molar-refractivity contribution in [3.63, 3.8) is 0 Å². The standard InChI is InChI=1S/C27H21Cl2NO4S2/c1-2-36(33,34)22-11-9-17(10-12-22)13-24(31)30-25-16-23(18-5-3-7-20(28)14-18)27(35-25)26(32)19-6-4-8-21(29)15-19/h3-12,14-16H,2,13H2,1H3,(H,30,31). The number of halogens is 2. The minimum atomic E-state index is -3.31. The van der Waals surface area contributed by atoms with Gasteiger partial charge in [-0.25, -0.2) is 8.42 Å². The van der Waals surface area contributed by atoms with Crippen molar-refractivity contribution in [3.8, 4) is 11.1 Å². The van der Waals surface area contributed by atoms with Gasteiger partial charge in [0.05, 0.1) is 26.9 Å². The molecule has 4 rings (SSSR count). The van der Waals surface area contributed by atoms with Crippen molar-refractivity contribution in [1.29, 1.82) is 0 Å². The highest BCUT2D eigenvalue weighted by Crippen LogP contribution is 2.37. The van der Waals surface area contributed by atoms with E-state index in [0.717, 1.165) is 5.56 Å². The van der Waals surface area contributed by atoms with E-state index in [0.29, 0.717) is 36.6 Å². The molecule has 9 heteroatoms. The molecule has 5 nitrogen and oxygen atoms in total. The maximum Gasteiger partial charge on any atom is 0.229 e. The van der Waals surface area contributed by atoms with Crippen LogP contribution in [0.5, 0.6) is 0 Å². The lowest BCUT2D eigenvalue weighted by Crippen LogP contribution is -2.13. The third kappa shape index (κ3) is 6.05. The Bertz CT molecular complexity index is 1540. The third-order valence-electron chi connectivity index (χ3n) is 5.45. The van der Waals surface area contributed by atoms with Crippen molar-refractivity contribution >= 4 is 61.1 Å². The molecule has 184 valence electrons. The van der Waals surface area contributed by atoms with Crippen molar-refractivity contribution in [2.45, 2.75) is 18.2 Å². The molecule has 4 aromatic rings. The second-order valence-corrected chi connectivity index (χ2v) is 12.2. The molecule has 0 spiro atoms. The number of amides is 1. The van der Waals surface area contributed by atoms with Gasteiger partial charge in [0.1, 0.15) is 0 Å². The number of anilines is 1. The summed E-state index contributed by atoms with van der Waals surface area (Å²) < 4.78 is 24.0. The molecule has 0 bridgehead atoms. The largest absolute Gasteiger partial charge is 0.317 e. The van der Waals surface area contributed by atoms with E-state index in [1.807, 2.05) is 6.07 Å². The number of ketones is 1. The minimum absolute atomic E-state index is 0.0103. The quantitative estimate of drug-likeness (QED) is 0.238. The average Bonchev–Trinajstić information content (AvgIpc) is 3.27. The summed E-state index contributed by atoms with van der Waals surface area (Å²) in [5.74, 6) is -0.497. The molecular formula is C27H21Cl2NO4S2. The zero-order chi connectivity index (χ0) is 25.9. The molecule has 0 radical (unpaired) electrons. The van der Waals surface area contributed by atoms with Crippen molar-refractivity contribution in [3.05, 3.63) is 105 Å². The number of thiophene rings is 1. The lowest BCUT2D eigenvalue weighted by molar-refractivity contribution is -0.115. The summed E-state index contributed by atoms with van der Waals surface area (Å²) in [4.78, 5) is 26.8. The van der Waals surface area contributed by atoms with E-state index in [2.05, 4.69) is 5.32 Å². The summed E-state index contributed by atoms with van der Waals surface area (Å²) in [6, 6.07) is 21.9. The van der Waals surface area contributed by atoms with E-state index in [1.54, 1.807) is 67.6 Å². The summed E-state index contributed by atoms with van der Waals surface area (Å²) in [6.07, 6.45) is 0.0500. The van der Waals surface area contributed by atoms with E-state index in [-0.39, 0.29) is 28.8 Å². The number of hydrogen-bond acceptors (Lipinski definition) is 5. The number of benzene rings is 3. The Morgan fingerprint density at radius 2 is 1.56 bits per heavy atom. The van der Waals surface area contributed by atoms with E-state index in [9.17, 15) is 18.0 Å². The first-order valence-electron chi connectivity index (χ1n) is 11.0. The van der Waals surface area contributed by atoms with Crippen LogP contribution in [-0.4, -0.2) is 25.9 Å². The highest BCUT2D eigenvalue weighted by atomic mass is 35.5. The molecule has 1 aromatic heterocycles. The van der Waals surface area contributed by atoms with Gasteiger partial charge in [-0.1, -0.05) is 66.5 Å². The summed E-state index contributed by atoms with van der Waals surface area (Å²) in [5.41, 5.74) is 2.51. The van der Waals surface area contributed by atoms with Crippen molar-refractivity contribution in [2.24, 2.45) is 0 Å². The van der Waals surface area contributed by atoms with Crippen LogP contribution >= 0.6 is 34.5 Å². The molecule has 1 N–H and O–H groups in total. The summed E-state index contributed by atoms with van der Waals surface area (Å²) >= 11 is 13.4. The van der Waals surface area contributed by atoms with Gasteiger partial charge in [0.2, 0.25) is 11.7 Å². The fourth-order valence-electron chi connectivity index (χ4n) is 3.60. The highest BCUT2D eigenvalue weighted by Gasteiger charge is 2.21. The van der Waals surface area contributed by atoms with Gasteiger partial charge in [-0.2, -0.15) is 0 Å². The molecule has 0 atom stereocenters. The Kier molecular flexibility index (Phi) is 7.95. The average molecular weight is 559 g/mol. The minimum Gasteiger partial charge on any atom is -0.317 e. The van der Waals surface area contributed by atoms with Gasteiger partial charge < -0.3 is 5.32 Å². The number of rotatable bonds is 8. The molecule has 36 heavy (non-hydrogen) atoms. The molecule has 0 unspecified atom stereocenters. The van der Waals surface area contributed by atoms with Crippen LogP contribution in [0.1, 0.15) is 27.7 Å². The van der Waals surface area contributed by atoms with Gasteiger partial charge in [-0.05, 0) is 53.6 Å². The van der Waals surface area contributed by atoms with Crippen LogP contribution in [0.3, 0.4) is 0 Å². The maximum absolute atomic E-state index is 13.4. The predicted octanol–water partition coefficient (Wildman–Crippen LogP) is 6.93. The number of hydrogen-bond donors (Lipinski definition) is 1. The molecule has 0 aliphatic heterocycles. The topological polar surface area (TPSA) is 80.3 Å². The van der Waals surface area contributed by atoms with Crippen LogP contribution < -0.4 is 5.32 Å². The second-order valence-electron chi connectivity index (χ2n) is 7.98. The van der Waals surface area contributed by atoms with Crippen molar-refractivity contribution in [2.75, 3.05) is 11.1 Å². The number of carbonyl (C=O) groups excluding carboxylic acids is 2. The Hall–Kier alpha value is -2.97. The molecule has 0 fully saturated rings. The van der Waals surface area contributed by atoms with Crippen LogP contribution in [0.15, 0.2) is 83.8 Å². The molecule has 0 saturated heterocycles. The normalized spacial score (nSPS) is 11.3. The third-order valence-corrected chi connectivity index (χ3v) is 8.72. The van der Waals surface area contributed by atoms with Crippen LogP contribution in [0, 0.1) is 0 Å². The number of nitrogens with one attached hydrogen (secondary N) is 1. The summed E-state index contributed by atoms with van der Waals surface area (Å²) in [7, 11) is -3.31. The van der Waals surface area contributed by atoms with Gasteiger partial charge in [0.25, 0.3) is 0 Å². The SMILES string of the molecule is CCS(=O)(=O)c1ccc(CC(=O)Nc2cc(-c3cccc(Cl)c3)c(C(=O)c3cccc(Cl)c3)s2)cc1. The molecule has 0 aliphatic rings. The Morgan fingerprint density at radius 3 is 2.19 bits per heavy atom. The van der Waals surface area contributed by atoms with Crippen LogP contribution in [0.2, 0.25) is 10.0 Å². The predicted molar refractivity (Wildman–Crippen MR) is 146 cm³/mol. The van der Waals surface area contributed by atoms with Crippen molar-refractivity contribution < 1.29 is 18.0 Å². The molecule has 1 amide bonds. The first-order chi connectivity index (χ1) is 17.2. The maximum atomic E-state index is 13.4. The lowest BCUT2D eigenvalue weighted by atomic mass is 10.0. The summed E-state index contributed by atoms with van der Waals surface area (Å²) in [6.45, 7) is 1.58. The molecule has 0 aliphatic carbocycles. The second kappa shape index (κ2) is 11.0. The molecule has 0 saturated carbocycles. The van der Waals surface area contributed by atoms with Gasteiger partial charge in [-0.3, -0.25) is 9.59 Å². The van der Waals surface area contributed by atoms with Crippen LogP contribution in [0.25, 0.3) is 11.1 Å². The number of sulfone groups is 1. The smallest absolute Gasteiger partial charge is 0.229 e. The molecular weight excluding hydrogens is 537 g/mol. The fraction of sp³-hybridized carbons (Fsp3) is 0.111. The first kappa shape index (κ1) is 26.1. The zero-order valence-corrected chi connectivity index (χ0v) is 22.3. The van der Waals surface area contributed by atoms with Gasteiger partial charge >= 0.3 is 0 Å². The van der Waals surface area contributed by atoms with E-state index in [4.69, 9.17) is 23.2 Å². The van der Waals surface area contributed by atoms with E-state index >= 15 is 0 Å². The first-order valence-corrected chi connectivity index (χ1v) is 14.2. The Morgan fingerprint density at radius 1 is 0.889 bits per heavy atom. The molecule has 1 heterocycles. The fourth-order valence-corrected chi connectivity index (χ4v) is 5.92. The Balaban J connectivity index is 1.60. The van der Waals surface area contributed by atoms with E-state index < -0.39 is 9.84 Å². The lowest BCUT2D eigenvalue weighted by Gasteiger charge is -2.05. The summed E-state index contributed by atoms with van der Waals surface area (Å²) in [5, 5.41) is 4.34. The van der Waals surface area contributed by atoms with Crippen molar-refractivity contribution in [1.82, 2.24) is 0 Å². The van der Waals surface area contributed by atoms with Gasteiger partial charge in [0, 0.05) is 21.2 Å². The monoisotopic (exact) mass is 557 g/mol. The molecule has 3 aromatic carbocycles. The number of carbonyl (C=O) groups is 2. The van der Waals surface area contributed by atoms with Gasteiger partial charge in [-0.15, -0.1) is 11.3 Å². The van der Waals surface area contributed by atoms with E-state index in [1.165, 1.54) is 23.5 Å². The van der Waals surface area contributed by atoms with Crippen LogP contribution in [0.4, 0.5) is 5.00 Å². The van der Waals surface area contributed by atoms with Crippen LogP contribution in [-0.2, 0) is 21.1 Å². The highest BCUT2D eigenvalue weighted by molar-refractivity contribution is 7.91.